The minimum absolute atomic E-state index is 0.118. The smallest absolute Gasteiger partial charge is 0.347 e. The molecule has 0 heterocycles. The number of hydrogen-bond acceptors (Lipinski definition) is 7. The van der Waals surface area contributed by atoms with Gasteiger partial charge in [0.15, 0.2) is 5.57 Å². The zero-order chi connectivity index (χ0) is 20.0. The van der Waals surface area contributed by atoms with E-state index in [2.05, 4.69) is 5.32 Å². The van der Waals surface area contributed by atoms with Gasteiger partial charge in [0.05, 0.1) is 24.8 Å². The van der Waals surface area contributed by atoms with Gasteiger partial charge < -0.3 is 14.8 Å². The molecule has 0 bridgehead atoms. The molecule has 0 spiro atoms. The molecule has 0 saturated carbocycles. The number of ether oxygens (including phenoxy) is 2. The highest BCUT2D eigenvalue weighted by molar-refractivity contribution is 6.21. The predicted molar refractivity (Wildman–Crippen MR) is 98.9 cm³/mol. The van der Waals surface area contributed by atoms with E-state index in [0.717, 1.165) is 19.8 Å². The molecule has 0 aromatic heterocycles. The summed E-state index contributed by atoms with van der Waals surface area (Å²) in [5.41, 5.74) is 1.67. The van der Waals surface area contributed by atoms with E-state index in [1.54, 1.807) is 12.1 Å². The van der Waals surface area contributed by atoms with Crippen LogP contribution in [0, 0.1) is 17.0 Å². The highest BCUT2D eigenvalue weighted by Crippen LogP contribution is 2.25. The maximum absolute atomic E-state index is 12.2. The summed E-state index contributed by atoms with van der Waals surface area (Å²) in [6.45, 7) is 1.92. The first-order valence-corrected chi connectivity index (χ1v) is 7.86. The molecule has 0 unspecified atom stereocenters. The fourth-order valence-electron chi connectivity index (χ4n) is 2.30. The number of esters is 2. The molecule has 2 aromatic carbocycles. The second-order valence-corrected chi connectivity index (χ2v) is 5.53. The van der Waals surface area contributed by atoms with Gasteiger partial charge in [-0.2, -0.15) is 0 Å². The first-order valence-electron chi connectivity index (χ1n) is 7.86. The van der Waals surface area contributed by atoms with Crippen LogP contribution in [-0.2, 0) is 19.1 Å². The zero-order valence-corrected chi connectivity index (χ0v) is 15.0. The van der Waals surface area contributed by atoms with Crippen LogP contribution in [-0.4, -0.2) is 31.1 Å². The predicted octanol–water partition coefficient (Wildman–Crippen LogP) is 3.07. The van der Waals surface area contributed by atoms with E-state index in [1.165, 1.54) is 24.3 Å². The summed E-state index contributed by atoms with van der Waals surface area (Å²) >= 11 is 0. The fourth-order valence-corrected chi connectivity index (χ4v) is 2.30. The van der Waals surface area contributed by atoms with E-state index in [9.17, 15) is 19.7 Å². The molecular formula is C19H18N2O6. The van der Waals surface area contributed by atoms with Gasteiger partial charge >= 0.3 is 11.9 Å². The normalized spacial score (nSPS) is 9.89. The zero-order valence-electron chi connectivity index (χ0n) is 15.0. The quantitative estimate of drug-likeness (QED) is 0.208. The number of nitro groups is 1. The molecule has 8 heteroatoms. The van der Waals surface area contributed by atoms with Crippen LogP contribution in [0.3, 0.4) is 0 Å². The third-order valence-corrected chi connectivity index (χ3v) is 3.72. The number of hydrogen-bond donors (Lipinski definition) is 1. The molecular weight excluding hydrogens is 352 g/mol. The molecule has 140 valence electrons. The highest BCUT2D eigenvalue weighted by Gasteiger charge is 2.26. The lowest BCUT2D eigenvalue weighted by Crippen LogP contribution is -2.20. The van der Waals surface area contributed by atoms with Gasteiger partial charge in [0.1, 0.15) is 0 Å². The van der Waals surface area contributed by atoms with Gasteiger partial charge in [0, 0.05) is 17.8 Å². The lowest BCUT2D eigenvalue weighted by atomic mass is 10.0. The van der Waals surface area contributed by atoms with Crippen LogP contribution in [0.1, 0.15) is 11.1 Å². The average molecular weight is 370 g/mol. The molecule has 0 amide bonds. The van der Waals surface area contributed by atoms with Crippen molar-refractivity contribution in [2.45, 2.75) is 6.92 Å². The van der Waals surface area contributed by atoms with E-state index in [0.29, 0.717) is 11.3 Å². The minimum Gasteiger partial charge on any atom is -0.465 e. The fraction of sp³-hybridized carbons (Fsp3) is 0.158. The number of anilines is 1. The second-order valence-electron chi connectivity index (χ2n) is 5.53. The van der Waals surface area contributed by atoms with Gasteiger partial charge in [-0.1, -0.05) is 17.7 Å². The van der Waals surface area contributed by atoms with E-state index in [4.69, 9.17) is 9.47 Å². The monoisotopic (exact) mass is 370 g/mol. The van der Waals surface area contributed by atoms with Crippen molar-refractivity contribution in [1.29, 1.82) is 0 Å². The Hall–Kier alpha value is -3.68. The van der Waals surface area contributed by atoms with Crippen molar-refractivity contribution in [1.82, 2.24) is 0 Å². The summed E-state index contributed by atoms with van der Waals surface area (Å²) in [6, 6.07) is 12.7. The number of benzene rings is 2. The summed E-state index contributed by atoms with van der Waals surface area (Å²) in [4.78, 5) is 34.8. The molecule has 27 heavy (non-hydrogen) atoms. The van der Waals surface area contributed by atoms with E-state index >= 15 is 0 Å². The van der Waals surface area contributed by atoms with Crippen molar-refractivity contribution in [2.75, 3.05) is 19.5 Å². The van der Waals surface area contributed by atoms with Crippen LogP contribution in [0.2, 0.25) is 0 Å². The molecule has 1 N–H and O–H groups in total. The molecule has 0 aliphatic heterocycles. The molecule has 0 atom stereocenters. The summed E-state index contributed by atoms with van der Waals surface area (Å²) in [7, 11) is 2.29. The summed E-state index contributed by atoms with van der Waals surface area (Å²) < 4.78 is 9.42. The third kappa shape index (κ3) is 4.69. The van der Waals surface area contributed by atoms with Crippen LogP contribution < -0.4 is 5.32 Å². The molecule has 0 aliphatic carbocycles. The number of nitro benzene ring substituents is 1. The number of aryl methyl sites for hydroxylation is 1. The number of carbonyl (C=O) groups is 2. The average Bonchev–Trinajstić information content (AvgIpc) is 2.68. The Morgan fingerprint density at radius 2 is 1.44 bits per heavy atom. The molecule has 0 aliphatic rings. The standard InChI is InChI=1S/C19H18N2O6/c1-12-4-8-14(9-5-12)20-17(16(18(22)26-2)19(23)27-3)13-6-10-15(11-7-13)21(24)25/h4-11,20H,1-3H3. The first-order chi connectivity index (χ1) is 12.9. The van der Waals surface area contributed by atoms with Gasteiger partial charge in [-0.3, -0.25) is 10.1 Å². The minimum atomic E-state index is -0.894. The Bertz CT molecular complexity index is 867. The SMILES string of the molecule is COC(=O)C(C(=O)OC)=C(Nc1ccc(C)cc1)c1ccc([N+](=O)[O-])cc1. The number of nitrogens with one attached hydrogen (secondary N) is 1. The summed E-state index contributed by atoms with van der Waals surface area (Å²) in [5, 5.41) is 13.9. The van der Waals surface area contributed by atoms with Gasteiger partial charge in [0.2, 0.25) is 0 Å². The Labute approximate surface area is 155 Å². The number of nitrogens with zero attached hydrogens (tertiary/aromatic N) is 1. The number of rotatable bonds is 6. The van der Waals surface area contributed by atoms with Crippen LogP contribution in [0.5, 0.6) is 0 Å². The molecule has 8 nitrogen and oxygen atoms in total. The topological polar surface area (TPSA) is 108 Å². The molecule has 0 fully saturated rings. The van der Waals surface area contributed by atoms with Crippen molar-refractivity contribution < 1.29 is 24.0 Å². The maximum Gasteiger partial charge on any atom is 0.347 e. The first kappa shape index (κ1) is 19.6. The molecule has 2 rings (SSSR count). The Kier molecular flexibility index (Phi) is 6.27. The molecule has 0 saturated heterocycles. The largest absolute Gasteiger partial charge is 0.465 e. The van der Waals surface area contributed by atoms with Gasteiger partial charge in [-0.15, -0.1) is 0 Å². The van der Waals surface area contributed by atoms with Crippen molar-refractivity contribution in [3.05, 3.63) is 75.3 Å². The van der Waals surface area contributed by atoms with Gasteiger partial charge in [0.25, 0.3) is 5.69 Å². The Morgan fingerprint density at radius 1 is 0.926 bits per heavy atom. The lowest BCUT2D eigenvalue weighted by Gasteiger charge is -2.15. The molecule has 2 aromatic rings. The lowest BCUT2D eigenvalue weighted by molar-refractivity contribution is -0.384. The van der Waals surface area contributed by atoms with Crippen LogP contribution in [0.25, 0.3) is 5.70 Å². The Balaban J connectivity index is 2.63. The molecule has 0 radical (unpaired) electrons. The van der Waals surface area contributed by atoms with Crippen LogP contribution in [0.4, 0.5) is 11.4 Å². The van der Waals surface area contributed by atoms with Gasteiger partial charge in [-0.05, 0) is 36.8 Å². The Morgan fingerprint density at radius 3 is 1.89 bits per heavy atom. The second kappa shape index (κ2) is 8.61. The van der Waals surface area contributed by atoms with Crippen molar-refractivity contribution >= 4 is 29.0 Å². The third-order valence-electron chi connectivity index (χ3n) is 3.72. The maximum atomic E-state index is 12.2. The summed E-state index contributed by atoms with van der Waals surface area (Å²) in [5.74, 6) is -1.79. The van der Waals surface area contributed by atoms with E-state index in [1.807, 2.05) is 19.1 Å². The van der Waals surface area contributed by atoms with Crippen molar-refractivity contribution in [3.8, 4) is 0 Å². The number of non-ortho nitro benzene ring substituents is 1. The van der Waals surface area contributed by atoms with Crippen LogP contribution in [0.15, 0.2) is 54.1 Å². The van der Waals surface area contributed by atoms with Gasteiger partial charge in [-0.25, -0.2) is 9.59 Å². The van der Waals surface area contributed by atoms with E-state index < -0.39 is 16.9 Å². The number of methoxy groups -OCH3 is 2. The summed E-state index contributed by atoms with van der Waals surface area (Å²) in [6.07, 6.45) is 0. The number of carbonyl (C=O) groups excluding carboxylic acids is 2. The highest BCUT2D eigenvalue weighted by atomic mass is 16.6. The van der Waals surface area contributed by atoms with Crippen molar-refractivity contribution in [2.24, 2.45) is 0 Å². The van der Waals surface area contributed by atoms with Crippen molar-refractivity contribution in [3.63, 3.8) is 0 Å². The van der Waals surface area contributed by atoms with E-state index in [-0.39, 0.29) is 17.0 Å². The van der Waals surface area contributed by atoms with Crippen LogP contribution >= 0.6 is 0 Å².